The Morgan fingerprint density at radius 3 is 2.46 bits per heavy atom. The van der Waals surface area contributed by atoms with E-state index in [0.717, 1.165) is 16.7 Å². The fraction of sp³-hybridized carbons (Fsp3) is 0.143. The summed E-state index contributed by atoms with van der Waals surface area (Å²) in [6.45, 7) is 0.389. The minimum Gasteiger partial charge on any atom is -0.507 e. The maximum Gasteiger partial charge on any atom is 0.128 e. The maximum absolute atomic E-state index is 10.6. The summed E-state index contributed by atoms with van der Waals surface area (Å²) in [6.07, 6.45) is 5.61. The van der Waals surface area contributed by atoms with E-state index < -0.39 is 0 Å². The largest absolute Gasteiger partial charge is 0.507 e. The Kier molecular flexibility index (Phi) is 4.79. The molecule has 2 aromatic carbocycles. The first-order valence-corrected chi connectivity index (χ1v) is 9.10. The highest BCUT2D eigenvalue weighted by atomic mass is 35.5. The third-order valence-corrected chi connectivity index (χ3v) is 4.64. The van der Waals surface area contributed by atoms with Crippen molar-refractivity contribution < 1.29 is 9.84 Å². The molecule has 0 aliphatic carbocycles. The minimum atomic E-state index is 0.109. The molecule has 0 saturated carbocycles. The van der Waals surface area contributed by atoms with E-state index in [-0.39, 0.29) is 5.75 Å². The summed E-state index contributed by atoms with van der Waals surface area (Å²) in [5.41, 5.74) is 4.17. The summed E-state index contributed by atoms with van der Waals surface area (Å²) in [6, 6.07) is 12.7. The van der Waals surface area contributed by atoms with E-state index in [0.29, 0.717) is 28.6 Å². The summed E-state index contributed by atoms with van der Waals surface area (Å²) >= 11 is 5.90. The molecule has 2 aromatic heterocycles. The van der Waals surface area contributed by atoms with Crippen LogP contribution >= 0.6 is 11.6 Å². The third kappa shape index (κ3) is 3.73. The van der Waals surface area contributed by atoms with Crippen molar-refractivity contribution in [2.24, 2.45) is 14.1 Å². The van der Waals surface area contributed by atoms with Crippen molar-refractivity contribution in [1.82, 2.24) is 19.6 Å². The van der Waals surface area contributed by atoms with Crippen LogP contribution in [0.4, 0.5) is 0 Å². The van der Waals surface area contributed by atoms with E-state index in [9.17, 15) is 5.11 Å². The Morgan fingerprint density at radius 1 is 1.00 bits per heavy atom. The van der Waals surface area contributed by atoms with Gasteiger partial charge in [0.05, 0.1) is 6.20 Å². The third-order valence-electron chi connectivity index (χ3n) is 4.39. The van der Waals surface area contributed by atoms with E-state index >= 15 is 0 Å². The van der Waals surface area contributed by atoms with Gasteiger partial charge in [-0.3, -0.25) is 9.36 Å². The van der Waals surface area contributed by atoms with Crippen molar-refractivity contribution in [3.63, 3.8) is 0 Å². The first kappa shape index (κ1) is 18.1. The molecule has 142 valence electrons. The normalized spacial score (nSPS) is 11.0. The molecule has 6 nitrogen and oxygen atoms in total. The van der Waals surface area contributed by atoms with Gasteiger partial charge in [-0.15, -0.1) is 0 Å². The molecule has 0 aliphatic rings. The summed E-state index contributed by atoms with van der Waals surface area (Å²) in [5.74, 6) is 0.688. The second-order valence-electron chi connectivity index (χ2n) is 6.56. The molecule has 0 bridgehead atoms. The van der Waals surface area contributed by atoms with Crippen LogP contribution in [-0.2, 0) is 20.7 Å². The molecular formula is C21H19ClN4O2. The second kappa shape index (κ2) is 7.40. The Bertz CT molecular complexity index is 1120. The zero-order valence-electron chi connectivity index (χ0n) is 15.5. The Morgan fingerprint density at radius 2 is 1.79 bits per heavy atom. The van der Waals surface area contributed by atoms with Crippen LogP contribution in [0.15, 0.2) is 61.1 Å². The zero-order valence-corrected chi connectivity index (χ0v) is 16.3. The van der Waals surface area contributed by atoms with Crippen LogP contribution in [0.1, 0.15) is 5.56 Å². The van der Waals surface area contributed by atoms with Gasteiger partial charge in [0.25, 0.3) is 0 Å². The lowest BCUT2D eigenvalue weighted by atomic mass is 10.0. The van der Waals surface area contributed by atoms with Crippen molar-refractivity contribution in [3.8, 4) is 33.9 Å². The van der Waals surface area contributed by atoms with Crippen LogP contribution in [0, 0.1) is 0 Å². The van der Waals surface area contributed by atoms with Gasteiger partial charge in [0, 0.05) is 54.3 Å². The van der Waals surface area contributed by atoms with Gasteiger partial charge in [0.2, 0.25) is 0 Å². The molecule has 28 heavy (non-hydrogen) atoms. The minimum absolute atomic E-state index is 0.109. The number of aromatic nitrogens is 4. The highest BCUT2D eigenvalue weighted by Gasteiger charge is 2.17. The van der Waals surface area contributed by atoms with Crippen molar-refractivity contribution in [2.75, 3.05) is 0 Å². The molecule has 0 fully saturated rings. The highest BCUT2D eigenvalue weighted by Crippen LogP contribution is 2.37. The van der Waals surface area contributed by atoms with Gasteiger partial charge in [-0.1, -0.05) is 23.7 Å². The average molecular weight is 395 g/mol. The fourth-order valence-corrected chi connectivity index (χ4v) is 3.13. The van der Waals surface area contributed by atoms with Crippen LogP contribution < -0.4 is 4.74 Å². The number of rotatable bonds is 5. The van der Waals surface area contributed by atoms with Crippen molar-refractivity contribution in [1.29, 1.82) is 0 Å². The summed E-state index contributed by atoms with van der Waals surface area (Å²) < 4.78 is 9.25. The molecule has 0 aliphatic heterocycles. The summed E-state index contributed by atoms with van der Waals surface area (Å²) in [5, 5.41) is 20.0. The fourth-order valence-electron chi connectivity index (χ4n) is 3.01. The van der Waals surface area contributed by atoms with Crippen molar-refractivity contribution >= 4 is 11.6 Å². The highest BCUT2D eigenvalue weighted by molar-refractivity contribution is 6.30. The average Bonchev–Trinajstić information content (AvgIpc) is 3.27. The quantitative estimate of drug-likeness (QED) is 0.544. The number of benzene rings is 2. The number of hydrogen-bond acceptors (Lipinski definition) is 4. The van der Waals surface area contributed by atoms with Gasteiger partial charge in [-0.2, -0.15) is 10.2 Å². The zero-order chi connectivity index (χ0) is 19.7. The molecule has 4 rings (SSSR count). The first-order chi connectivity index (χ1) is 13.5. The van der Waals surface area contributed by atoms with Crippen molar-refractivity contribution in [3.05, 3.63) is 71.6 Å². The molecule has 0 unspecified atom stereocenters. The Labute approximate surface area is 167 Å². The maximum atomic E-state index is 10.6. The monoisotopic (exact) mass is 394 g/mol. The second-order valence-corrected chi connectivity index (χ2v) is 7.00. The predicted molar refractivity (Wildman–Crippen MR) is 108 cm³/mol. The first-order valence-electron chi connectivity index (χ1n) is 8.73. The number of aryl methyl sites for hydroxylation is 2. The lowest BCUT2D eigenvalue weighted by molar-refractivity contribution is 0.304. The number of nitrogens with zero attached hydrogens (tertiary/aromatic N) is 4. The number of phenolic OH excluding ortho intramolecular Hbond substituents is 1. The van der Waals surface area contributed by atoms with Gasteiger partial charge >= 0.3 is 0 Å². The number of phenols is 1. The van der Waals surface area contributed by atoms with Crippen LogP contribution in [-0.4, -0.2) is 24.7 Å². The number of halogens is 1. The van der Waals surface area contributed by atoms with Crippen LogP contribution in [0.25, 0.3) is 22.4 Å². The van der Waals surface area contributed by atoms with E-state index in [1.165, 1.54) is 0 Å². The van der Waals surface area contributed by atoms with Gasteiger partial charge in [0.1, 0.15) is 23.8 Å². The molecule has 4 aromatic rings. The van der Waals surface area contributed by atoms with Crippen LogP contribution in [0.5, 0.6) is 11.5 Å². The molecule has 2 heterocycles. The molecule has 0 atom stereocenters. The van der Waals surface area contributed by atoms with Crippen LogP contribution in [0.2, 0.25) is 5.02 Å². The van der Waals surface area contributed by atoms with Crippen LogP contribution in [0.3, 0.4) is 0 Å². The standard InChI is InChI=1S/C21H19ClN4O2/c1-25-11-15(10-23-25)19-12-26(2)24-21(19)18-8-7-17(9-20(18)27)28-13-14-3-5-16(22)6-4-14/h3-12,27H,13H2,1-2H3. The molecule has 0 spiro atoms. The molecule has 0 saturated heterocycles. The van der Waals surface area contributed by atoms with E-state index in [4.69, 9.17) is 16.3 Å². The molecule has 0 radical (unpaired) electrons. The van der Waals surface area contributed by atoms with Gasteiger partial charge in [-0.05, 0) is 29.8 Å². The summed E-state index contributed by atoms with van der Waals surface area (Å²) in [4.78, 5) is 0. The number of aromatic hydroxyl groups is 1. The van der Waals surface area contributed by atoms with Gasteiger partial charge in [-0.25, -0.2) is 0 Å². The van der Waals surface area contributed by atoms with E-state index in [2.05, 4.69) is 10.2 Å². The lowest BCUT2D eigenvalue weighted by Gasteiger charge is -2.09. The molecule has 0 amide bonds. The molecule has 7 heteroatoms. The Hall–Kier alpha value is -3.25. The SMILES string of the molecule is Cn1cc(-c2cn(C)nc2-c2ccc(OCc3ccc(Cl)cc3)cc2O)cn1. The van der Waals surface area contributed by atoms with Gasteiger partial charge < -0.3 is 9.84 Å². The topological polar surface area (TPSA) is 65.1 Å². The smallest absolute Gasteiger partial charge is 0.128 e. The number of hydrogen-bond donors (Lipinski definition) is 1. The van der Waals surface area contributed by atoms with E-state index in [1.54, 1.807) is 21.6 Å². The number of ether oxygens (including phenoxy) is 1. The van der Waals surface area contributed by atoms with E-state index in [1.807, 2.05) is 62.9 Å². The Balaban J connectivity index is 1.59. The van der Waals surface area contributed by atoms with Crippen molar-refractivity contribution in [2.45, 2.75) is 6.61 Å². The molecule has 1 N–H and O–H groups in total. The predicted octanol–water partition coefficient (Wildman–Crippen LogP) is 4.43. The summed E-state index contributed by atoms with van der Waals surface area (Å²) in [7, 11) is 3.72. The lowest BCUT2D eigenvalue weighted by Crippen LogP contribution is -1.95. The molecular weight excluding hydrogens is 376 g/mol. The van der Waals surface area contributed by atoms with Gasteiger partial charge in [0.15, 0.2) is 0 Å².